The number of para-hydroxylation sites is 2. The molecule has 232 valence electrons. The van der Waals surface area contributed by atoms with Crippen LogP contribution in [-0.4, -0.2) is 41.2 Å². The zero-order valence-corrected chi connectivity index (χ0v) is 25.1. The molecule has 3 aromatic carbocycles. The lowest BCUT2D eigenvalue weighted by Crippen LogP contribution is -2.32. The number of halogens is 3. The van der Waals surface area contributed by atoms with Crippen molar-refractivity contribution in [3.63, 3.8) is 0 Å². The molecule has 2 aliphatic rings. The number of hydrogen-bond acceptors (Lipinski definition) is 8. The molecule has 0 spiro atoms. The molecule has 3 heterocycles. The molecule has 2 N–H and O–H groups in total. The fraction of sp³-hybridized carbons (Fsp3) is 0.226. The molecule has 0 aliphatic carbocycles. The van der Waals surface area contributed by atoms with Gasteiger partial charge >= 0.3 is 11.0 Å². The summed E-state index contributed by atoms with van der Waals surface area (Å²) in [7, 11) is 0. The number of thioether (sulfide) groups is 1. The van der Waals surface area contributed by atoms with E-state index in [4.69, 9.17) is 9.47 Å². The van der Waals surface area contributed by atoms with Gasteiger partial charge in [-0.25, -0.2) is 4.90 Å². The number of ether oxygens (including phenoxy) is 2. The van der Waals surface area contributed by atoms with E-state index in [2.05, 4.69) is 10.3 Å². The summed E-state index contributed by atoms with van der Waals surface area (Å²) in [6, 6.07) is 18.0. The maximum Gasteiger partial charge on any atom is 0.418 e. The topological polar surface area (TPSA) is 118 Å². The Bertz CT molecular complexity index is 1840. The molecule has 4 aromatic rings. The Morgan fingerprint density at radius 2 is 1.69 bits per heavy atom. The first-order valence-corrected chi connectivity index (χ1v) is 15.4. The Kier molecular flexibility index (Phi) is 8.18. The van der Waals surface area contributed by atoms with E-state index in [0.29, 0.717) is 21.2 Å². The molecule has 1 fully saturated rings. The maximum atomic E-state index is 13.9. The summed E-state index contributed by atoms with van der Waals surface area (Å²) in [5.74, 6) is -2.72. The van der Waals surface area contributed by atoms with Crippen LogP contribution in [0.2, 0.25) is 0 Å². The quantitative estimate of drug-likeness (QED) is 0.235. The zero-order chi connectivity index (χ0) is 31.9. The molecule has 0 radical (unpaired) electrons. The summed E-state index contributed by atoms with van der Waals surface area (Å²) >= 11 is 2.13. The van der Waals surface area contributed by atoms with Gasteiger partial charge in [-0.1, -0.05) is 59.5 Å². The Balaban J connectivity index is 1.29. The van der Waals surface area contributed by atoms with Crippen molar-refractivity contribution in [2.24, 2.45) is 5.92 Å². The van der Waals surface area contributed by atoms with E-state index >= 15 is 0 Å². The van der Waals surface area contributed by atoms with E-state index in [1.165, 1.54) is 23.1 Å². The van der Waals surface area contributed by atoms with Crippen molar-refractivity contribution in [2.75, 3.05) is 23.4 Å². The standard InChI is InChI=1S/C31H24F3N3O6S2/c1-2-42-21-14-16(12-13-20(21)43-15-22(38)35-19-11-7-6-10-18(19)31(32,33)34)23-24-26(44-27-25(23)45-30(41)36-27)29(40)37(28(24)39)17-8-4-3-5-9-17/h3-14,23-24,26H,2,15H2,1H3,(H,35,38)(H,36,41). The second kappa shape index (κ2) is 12.1. The number of nitrogens with one attached hydrogen (secondary N) is 2. The molecule has 0 saturated carbocycles. The molecule has 0 bridgehead atoms. The minimum Gasteiger partial charge on any atom is -0.490 e. The van der Waals surface area contributed by atoms with Gasteiger partial charge in [0, 0.05) is 10.8 Å². The van der Waals surface area contributed by atoms with Gasteiger partial charge in [-0.15, -0.1) is 0 Å². The number of carbonyl (C=O) groups is 3. The van der Waals surface area contributed by atoms with Crippen LogP contribution in [0.25, 0.3) is 0 Å². The molecule has 3 unspecified atom stereocenters. The molecule has 9 nitrogen and oxygen atoms in total. The van der Waals surface area contributed by atoms with E-state index in [1.807, 2.05) is 0 Å². The molecular weight excluding hydrogens is 631 g/mol. The van der Waals surface area contributed by atoms with Gasteiger partial charge in [0.25, 0.3) is 5.91 Å². The predicted molar refractivity (Wildman–Crippen MR) is 162 cm³/mol. The van der Waals surface area contributed by atoms with Crippen LogP contribution in [0.5, 0.6) is 11.5 Å². The first-order valence-electron chi connectivity index (χ1n) is 13.7. The van der Waals surface area contributed by atoms with Gasteiger partial charge in [-0.3, -0.25) is 19.2 Å². The summed E-state index contributed by atoms with van der Waals surface area (Å²) < 4.78 is 51.5. The van der Waals surface area contributed by atoms with Crippen LogP contribution in [0.3, 0.4) is 0 Å². The molecule has 1 saturated heterocycles. The third-order valence-electron chi connectivity index (χ3n) is 7.33. The van der Waals surface area contributed by atoms with Gasteiger partial charge in [0.15, 0.2) is 18.1 Å². The van der Waals surface area contributed by atoms with Crippen LogP contribution in [0.1, 0.15) is 28.8 Å². The van der Waals surface area contributed by atoms with Crippen molar-refractivity contribution in [3.8, 4) is 11.5 Å². The van der Waals surface area contributed by atoms with Crippen molar-refractivity contribution in [3.05, 3.63) is 98.5 Å². The van der Waals surface area contributed by atoms with Gasteiger partial charge in [0.2, 0.25) is 11.8 Å². The zero-order valence-electron chi connectivity index (χ0n) is 23.4. The minimum atomic E-state index is -4.66. The molecule has 3 atom stereocenters. The van der Waals surface area contributed by atoms with Crippen LogP contribution in [0.4, 0.5) is 24.5 Å². The average Bonchev–Trinajstić information content (AvgIpc) is 3.50. The summed E-state index contributed by atoms with van der Waals surface area (Å²) in [5.41, 5.74) is -0.352. The number of imide groups is 1. The third kappa shape index (κ3) is 5.82. The number of thiazole rings is 1. The lowest BCUT2D eigenvalue weighted by Gasteiger charge is -2.30. The molecule has 45 heavy (non-hydrogen) atoms. The number of nitrogens with zero attached hydrogens (tertiary/aromatic N) is 1. The van der Waals surface area contributed by atoms with E-state index in [-0.39, 0.29) is 28.9 Å². The van der Waals surface area contributed by atoms with Crippen molar-refractivity contribution in [1.29, 1.82) is 0 Å². The molecular formula is C31H24F3N3O6S2. The highest BCUT2D eigenvalue weighted by Crippen LogP contribution is 2.53. The number of hydrogen-bond donors (Lipinski definition) is 2. The smallest absolute Gasteiger partial charge is 0.418 e. The average molecular weight is 656 g/mol. The number of alkyl halides is 3. The van der Waals surface area contributed by atoms with Crippen LogP contribution >= 0.6 is 23.1 Å². The van der Waals surface area contributed by atoms with Gasteiger partial charge in [-0.05, 0) is 48.9 Å². The van der Waals surface area contributed by atoms with Crippen molar-refractivity contribution in [1.82, 2.24) is 4.98 Å². The highest BCUT2D eigenvalue weighted by Gasteiger charge is 2.56. The van der Waals surface area contributed by atoms with Gasteiger partial charge in [0.1, 0.15) is 5.25 Å². The highest BCUT2D eigenvalue weighted by atomic mass is 32.2. The second-order valence-corrected chi connectivity index (χ2v) is 12.3. The van der Waals surface area contributed by atoms with E-state index in [9.17, 15) is 32.3 Å². The second-order valence-electron chi connectivity index (χ2n) is 10.1. The number of carbonyl (C=O) groups excluding carboxylic acids is 3. The summed E-state index contributed by atoms with van der Waals surface area (Å²) in [5, 5.41) is 1.97. The summed E-state index contributed by atoms with van der Waals surface area (Å²) in [6.45, 7) is 1.33. The van der Waals surface area contributed by atoms with Crippen molar-refractivity contribution < 1.29 is 37.0 Å². The highest BCUT2D eigenvalue weighted by molar-refractivity contribution is 8.00. The van der Waals surface area contributed by atoms with E-state index < -0.39 is 52.9 Å². The normalized spacial score (nSPS) is 19.2. The van der Waals surface area contributed by atoms with E-state index in [0.717, 1.165) is 35.2 Å². The summed E-state index contributed by atoms with van der Waals surface area (Å²) in [6.07, 6.45) is -4.66. The van der Waals surface area contributed by atoms with Crippen LogP contribution < -0.4 is 24.6 Å². The number of benzene rings is 3. The van der Waals surface area contributed by atoms with Crippen molar-refractivity contribution in [2.45, 2.75) is 29.3 Å². The molecule has 6 rings (SSSR count). The number of fused-ring (bicyclic) bond motifs is 2. The van der Waals surface area contributed by atoms with Crippen LogP contribution in [0.15, 0.2) is 82.6 Å². The largest absolute Gasteiger partial charge is 0.490 e. The maximum absolute atomic E-state index is 13.9. The molecule has 2 aliphatic heterocycles. The number of aromatic nitrogens is 1. The number of H-pyrrole nitrogens is 1. The van der Waals surface area contributed by atoms with Gasteiger partial charge in [0.05, 0.1) is 34.5 Å². The number of rotatable bonds is 8. The minimum absolute atomic E-state index is 0.142. The Morgan fingerprint density at radius 1 is 0.956 bits per heavy atom. The van der Waals surface area contributed by atoms with Gasteiger partial charge in [-0.2, -0.15) is 13.2 Å². The predicted octanol–water partition coefficient (Wildman–Crippen LogP) is 5.67. The summed E-state index contributed by atoms with van der Waals surface area (Å²) in [4.78, 5) is 56.7. The first kappa shape index (κ1) is 30.5. The van der Waals surface area contributed by atoms with Gasteiger partial charge < -0.3 is 19.8 Å². The Labute approximate surface area is 262 Å². The monoisotopic (exact) mass is 655 g/mol. The number of amides is 3. The lowest BCUT2D eigenvalue weighted by atomic mass is 9.83. The fourth-order valence-electron chi connectivity index (χ4n) is 5.48. The number of anilines is 2. The van der Waals surface area contributed by atoms with E-state index in [1.54, 1.807) is 49.4 Å². The molecule has 3 amide bonds. The third-order valence-corrected chi connectivity index (χ3v) is 9.73. The van der Waals surface area contributed by atoms with Crippen LogP contribution in [-0.2, 0) is 20.6 Å². The Morgan fingerprint density at radius 3 is 2.42 bits per heavy atom. The SMILES string of the molecule is CCOc1cc(C2c3sc(=O)[nH]c3SC3C(=O)N(c4ccccc4)C(=O)C32)ccc1OCC(=O)Nc1ccccc1C(F)(F)F. The number of aromatic amines is 1. The molecule has 14 heteroatoms. The first-order chi connectivity index (χ1) is 21.6. The Hall–Kier alpha value is -4.56. The van der Waals surface area contributed by atoms with Crippen molar-refractivity contribution >= 4 is 52.2 Å². The fourth-order valence-corrected chi connectivity index (χ4v) is 8.00. The van der Waals surface area contributed by atoms with Crippen LogP contribution in [0, 0.1) is 5.92 Å². The molecule has 1 aromatic heterocycles. The lowest BCUT2D eigenvalue weighted by molar-refractivity contribution is -0.137.